The standard InChI is InChI=1S/C14H15NO2/c1-2-5-11-6-3-7-12(13(11)10-15)14-8-4-9-16-17-14/h2-3,6-7,14H,1,4-5,8-9H2. The van der Waals surface area contributed by atoms with Crippen LogP contribution >= 0.6 is 0 Å². The van der Waals surface area contributed by atoms with Crippen LogP contribution in [0.4, 0.5) is 0 Å². The van der Waals surface area contributed by atoms with E-state index in [0.717, 1.165) is 24.0 Å². The van der Waals surface area contributed by atoms with E-state index < -0.39 is 0 Å². The second-order valence-electron chi connectivity index (χ2n) is 4.04. The van der Waals surface area contributed by atoms with Crippen molar-refractivity contribution >= 4 is 0 Å². The Balaban J connectivity index is 2.35. The summed E-state index contributed by atoms with van der Waals surface area (Å²) in [6, 6.07) is 8.10. The van der Waals surface area contributed by atoms with Crippen LogP contribution in [0.25, 0.3) is 0 Å². The largest absolute Gasteiger partial charge is 0.236 e. The first-order chi connectivity index (χ1) is 8.36. The van der Waals surface area contributed by atoms with Crippen molar-refractivity contribution < 1.29 is 9.78 Å². The molecule has 1 fully saturated rings. The molecule has 2 rings (SSSR count). The summed E-state index contributed by atoms with van der Waals surface area (Å²) in [6.07, 6.45) is 4.24. The van der Waals surface area contributed by atoms with Crippen LogP contribution in [0.1, 0.15) is 35.6 Å². The zero-order valence-corrected chi connectivity index (χ0v) is 9.69. The number of hydrogen-bond donors (Lipinski definition) is 0. The van der Waals surface area contributed by atoms with Gasteiger partial charge in [0.15, 0.2) is 0 Å². The van der Waals surface area contributed by atoms with Gasteiger partial charge in [-0.15, -0.1) is 6.58 Å². The lowest BCUT2D eigenvalue weighted by Gasteiger charge is -2.23. The second kappa shape index (κ2) is 5.62. The molecule has 1 unspecified atom stereocenters. The van der Waals surface area contributed by atoms with Gasteiger partial charge in [0.1, 0.15) is 6.10 Å². The average molecular weight is 229 g/mol. The molecule has 3 heteroatoms. The van der Waals surface area contributed by atoms with Gasteiger partial charge in [0.2, 0.25) is 0 Å². The van der Waals surface area contributed by atoms with E-state index in [1.807, 2.05) is 18.2 Å². The van der Waals surface area contributed by atoms with E-state index in [1.165, 1.54) is 0 Å². The Kier molecular flexibility index (Phi) is 3.92. The Hall–Kier alpha value is -1.63. The molecule has 1 heterocycles. The minimum atomic E-state index is -0.122. The molecule has 88 valence electrons. The van der Waals surface area contributed by atoms with Crippen LogP contribution in [0.5, 0.6) is 0 Å². The predicted molar refractivity (Wildman–Crippen MR) is 64.1 cm³/mol. The van der Waals surface area contributed by atoms with Gasteiger partial charge in [-0.1, -0.05) is 24.3 Å². The Morgan fingerprint density at radius 1 is 1.53 bits per heavy atom. The highest BCUT2D eigenvalue weighted by atomic mass is 17.2. The van der Waals surface area contributed by atoms with E-state index in [9.17, 15) is 5.26 Å². The minimum Gasteiger partial charge on any atom is -0.236 e. The number of benzene rings is 1. The fourth-order valence-corrected chi connectivity index (χ4v) is 2.06. The van der Waals surface area contributed by atoms with E-state index in [0.29, 0.717) is 18.6 Å². The highest BCUT2D eigenvalue weighted by Crippen LogP contribution is 2.30. The Labute approximate surface area is 101 Å². The fourth-order valence-electron chi connectivity index (χ4n) is 2.06. The molecule has 1 atom stereocenters. The topological polar surface area (TPSA) is 42.2 Å². The zero-order chi connectivity index (χ0) is 12.1. The van der Waals surface area contributed by atoms with Crippen LogP contribution in [-0.2, 0) is 16.2 Å². The molecule has 1 aromatic carbocycles. The molecule has 1 aromatic rings. The van der Waals surface area contributed by atoms with E-state index >= 15 is 0 Å². The summed E-state index contributed by atoms with van der Waals surface area (Å²) in [4.78, 5) is 10.3. The molecule has 0 saturated carbocycles. The van der Waals surface area contributed by atoms with Crippen molar-refractivity contribution in [1.29, 1.82) is 5.26 Å². The molecule has 0 spiro atoms. The van der Waals surface area contributed by atoms with Crippen molar-refractivity contribution in [3.8, 4) is 6.07 Å². The average Bonchev–Trinajstić information content (AvgIpc) is 2.40. The third kappa shape index (κ3) is 2.55. The van der Waals surface area contributed by atoms with Crippen LogP contribution in [0.2, 0.25) is 0 Å². The first-order valence-electron chi connectivity index (χ1n) is 5.78. The summed E-state index contributed by atoms with van der Waals surface area (Å²) in [5.74, 6) is 0. The monoisotopic (exact) mass is 229 g/mol. The van der Waals surface area contributed by atoms with E-state index in [2.05, 4.69) is 12.6 Å². The Morgan fingerprint density at radius 2 is 2.41 bits per heavy atom. The van der Waals surface area contributed by atoms with Crippen molar-refractivity contribution in [3.05, 3.63) is 47.5 Å². The van der Waals surface area contributed by atoms with Gasteiger partial charge in [-0.25, -0.2) is 9.78 Å². The van der Waals surface area contributed by atoms with Gasteiger partial charge in [0, 0.05) is 5.56 Å². The van der Waals surface area contributed by atoms with Gasteiger partial charge in [-0.3, -0.25) is 0 Å². The molecule has 0 bridgehead atoms. The molecule has 17 heavy (non-hydrogen) atoms. The van der Waals surface area contributed by atoms with Gasteiger partial charge in [0.25, 0.3) is 0 Å². The molecule has 0 N–H and O–H groups in total. The van der Waals surface area contributed by atoms with Gasteiger partial charge in [-0.05, 0) is 24.8 Å². The van der Waals surface area contributed by atoms with E-state index in [1.54, 1.807) is 6.08 Å². The van der Waals surface area contributed by atoms with Crippen molar-refractivity contribution in [2.45, 2.75) is 25.4 Å². The molecule has 0 aromatic heterocycles. The summed E-state index contributed by atoms with van der Waals surface area (Å²) in [7, 11) is 0. The number of allylic oxidation sites excluding steroid dienone is 1. The van der Waals surface area contributed by atoms with Crippen molar-refractivity contribution in [2.24, 2.45) is 0 Å². The maximum Gasteiger partial charge on any atom is 0.119 e. The van der Waals surface area contributed by atoms with Crippen molar-refractivity contribution in [1.82, 2.24) is 0 Å². The molecule has 1 aliphatic heterocycles. The number of nitrogens with zero attached hydrogens (tertiary/aromatic N) is 1. The maximum atomic E-state index is 9.28. The lowest BCUT2D eigenvalue weighted by atomic mass is 9.94. The Morgan fingerprint density at radius 3 is 3.06 bits per heavy atom. The summed E-state index contributed by atoms with van der Waals surface area (Å²) in [5.41, 5.74) is 2.61. The molecular formula is C14H15NO2. The quantitative estimate of drug-likeness (QED) is 0.591. The van der Waals surface area contributed by atoms with Crippen LogP contribution in [0.3, 0.4) is 0 Å². The van der Waals surface area contributed by atoms with Gasteiger partial charge in [-0.2, -0.15) is 5.26 Å². The molecule has 0 radical (unpaired) electrons. The summed E-state index contributed by atoms with van der Waals surface area (Å²) < 4.78 is 0. The predicted octanol–water partition coefficient (Wildman–Crippen LogP) is 3.07. The highest BCUT2D eigenvalue weighted by Gasteiger charge is 2.21. The summed E-state index contributed by atoms with van der Waals surface area (Å²) >= 11 is 0. The first-order valence-corrected chi connectivity index (χ1v) is 5.78. The normalized spacial score (nSPS) is 19.6. The van der Waals surface area contributed by atoms with E-state index in [4.69, 9.17) is 9.78 Å². The molecule has 0 amide bonds. The molecule has 3 nitrogen and oxygen atoms in total. The van der Waals surface area contributed by atoms with Crippen LogP contribution in [0, 0.1) is 11.3 Å². The number of hydrogen-bond acceptors (Lipinski definition) is 3. The zero-order valence-electron chi connectivity index (χ0n) is 9.69. The van der Waals surface area contributed by atoms with E-state index in [-0.39, 0.29) is 6.10 Å². The van der Waals surface area contributed by atoms with Crippen molar-refractivity contribution in [2.75, 3.05) is 6.61 Å². The molecule has 0 aliphatic carbocycles. The summed E-state index contributed by atoms with van der Waals surface area (Å²) in [5, 5.41) is 9.28. The smallest absolute Gasteiger partial charge is 0.119 e. The fraction of sp³-hybridized carbons (Fsp3) is 0.357. The molecular weight excluding hydrogens is 214 g/mol. The first kappa shape index (κ1) is 11.8. The molecule has 1 saturated heterocycles. The Bertz CT molecular complexity index is 442. The lowest BCUT2D eigenvalue weighted by molar-refractivity contribution is -0.348. The summed E-state index contributed by atoms with van der Waals surface area (Å²) in [6.45, 7) is 4.34. The van der Waals surface area contributed by atoms with Crippen LogP contribution in [0.15, 0.2) is 30.9 Å². The number of rotatable bonds is 3. The van der Waals surface area contributed by atoms with Crippen LogP contribution < -0.4 is 0 Å². The van der Waals surface area contributed by atoms with Crippen molar-refractivity contribution in [3.63, 3.8) is 0 Å². The highest BCUT2D eigenvalue weighted by molar-refractivity contribution is 5.46. The van der Waals surface area contributed by atoms with Gasteiger partial charge >= 0.3 is 0 Å². The number of nitriles is 1. The molecule has 1 aliphatic rings. The second-order valence-corrected chi connectivity index (χ2v) is 4.04. The third-order valence-electron chi connectivity index (χ3n) is 2.88. The minimum absolute atomic E-state index is 0.122. The van der Waals surface area contributed by atoms with Gasteiger partial charge < -0.3 is 0 Å². The van der Waals surface area contributed by atoms with Crippen LogP contribution in [-0.4, -0.2) is 6.61 Å². The van der Waals surface area contributed by atoms with Gasteiger partial charge in [0.05, 0.1) is 18.2 Å². The lowest BCUT2D eigenvalue weighted by Crippen LogP contribution is -2.14. The SMILES string of the molecule is C=CCc1cccc(C2CCCOO2)c1C#N. The maximum absolute atomic E-state index is 9.28. The third-order valence-corrected chi connectivity index (χ3v) is 2.88.